The minimum absolute atomic E-state index is 0.116. The molecule has 110 valence electrons. The molecule has 2 aromatic rings. The van der Waals surface area contributed by atoms with E-state index < -0.39 is 6.04 Å². The standard InChI is InChI=1S/C16H16BrClN2O/c1-10-3-6-13(7-4-10)20-16(21)11(2)19-15-9-12(17)5-8-14(15)18/h3-9,11,19H,1-2H3,(H,20,21). The Morgan fingerprint density at radius 2 is 1.86 bits per heavy atom. The van der Waals surface area contributed by atoms with Crippen molar-refractivity contribution in [2.24, 2.45) is 0 Å². The molecule has 1 amide bonds. The molecule has 3 nitrogen and oxygen atoms in total. The van der Waals surface area contributed by atoms with E-state index in [0.29, 0.717) is 5.02 Å². The van der Waals surface area contributed by atoms with Crippen molar-refractivity contribution in [3.8, 4) is 0 Å². The molecule has 0 saturated carbocycles. The third-order valence-electron chi connectivity index (χ3n) is 3.01. The molecule has 0 spiro atoms. The number of amides is 1. The van der Waals surface area contributed by atoms with E-state index in [9.17, 15) is 4.79 Å². The molecule has 0 aromatic heterocycles. The summed E-state index contributed by atoms with van der Waals surface area (Å²) in [6.07, 6.45) is 0. The third-order valence-corrected chi connectivity index (χ3v) is 3.84. The molecular weight excluding hydrogens is 352 g/mol. The average Bonchev–Trinajstić information content (AvgIpc) is 2.45. The van der Waals surface area contributed by atoms with Gasteiger partial charge in [-0.3, -0.25) is 4.79 Å². The van der Waals surface area contributed by atoms with Crippen molar-refractivity contribution in [3.63, 3.8) is 0 Å². The Kier molecular flexibility index (Phi) is 5.26. The lowest BCUT2D eigenvalue weighted by molar-refractivity contribution is -0.116. The lowest BCUT2D eigenvalue weighted by Crippen LogP contribution is -2.31. The van der Waals surface area contributed by atoms with Gasteiger partial charge in [0.2, 0.25) is 5.91 Å². The Hall–Kier alpha value is -1.52. The second-order valence-corrected chi connectivity index (χ2v) is 6.17. The topological polar surface area (TPSA) is 41.1 Å². The molecule has 21 heavy (non-hydrogen) atoms. The van der Waals surface area contributed by atoms with Crippen LogP contribution in [-0.2, 0) is 4.79 Å². The van der Waals surface area contributed by atoms with Crippen molar-refractivity contribution in [1.29, 1.82) is 0 Å². The van der Waals surface area contributed by atoms with E-state index in [2.05, 4.69) is 26.6 Å². The monoisotopic (exact) mass is 366 g/mol. The van der Waals surface area contributed by atoms with Crippen LogP contribution in [0.4, 0.5) is 11.4 Å². The lowest BCUT2D eigenvalue weighted by atomic mass is 10.2. The molecule has 0 heterocycles. The fourth-order valence-electron chi connectivity index (χ4n) is 1.79. The van der Waals surface area contributed by atoms with Crippen molar-refractivity contribution < 1.29 is 4.79 Å². The van der Waals surface area contributed by atoms with Gasteiger partial charge >= 0.3 is 0 Å². The first-order valence-electron chi connectivity index (χ1n) is 6.55. The molecule has 0 aliphatic rings. The molecule has 2 N–H and O–H groups in total. The smallest absolute Gasteiger partial charge is 0.246 e. The van der Waals surface area contributed by atoms with Crippen LogP contribution in [0.3, 0.4) is 0 Å². The fourth-order valence-corrected chi connectivity index (χ4v) is 2.33. The summed E-state index contributed by atoms with van der Waals surface area (Å²) in [5.74, 6) is -0.116. The number of hydrogen-bond donors (Lipinski definition) is 2. The van der Waals surface area contributed by atoms with Gasteiger partial charge in [0, 0.05) is 10.2 Å². The predicted molar refractivity (Wildman–Crippen MR) is 92.0 cm³/mol. The first-order valence-corrected chi connectivity index (χ1v) is 7.72. The van der Waals surface area contributed by atoms with Crippen LogP contribution in [-0.4, -0.2) is 11.9 Å². The van der Waals surface area contributed by atoms with Crippen LogP contribution in [0.25, 0.3) is 0 Å². The van der Waals surface area contributed by atoms with Gasteiger partial charge in [0.05, 0.1) is 10.7 Å². The van der Waals surface area contributed by atoms with Crippen molar-refractivity contribution in [1.82, 2.24) is 0 Å². The maximum Gasteiger partial charge on any atom is 0.246 e. The summed E-state index contributed by atoms with van der Waals surface area (Å²) >= 11 is 9.49. The number of nitrogens with one attached hydrogen (secondary N) is 2. The van der Waals surface area contributed by atoms with Crippen molar-refractivity contribution in [3.05, 3.63) is 57.5 Å². The molecular formula is C16H16BrClN2O. The van der Waals surface area contributed by atoms with E-state index >= 15 is 0 Å². The highest BCUT2D eigenvalue weighted by atomic mass is 79.9. The van der Waals surface area contributed by atoms with Crippen LogP contribution in [0.15, 0.2) is 46.9 Å². The Bertz CT molecular complexity index is 643. The largest absolute Gasteiger partial charge is 0.373 e. The van der Waals surface area contributed by atoms with Gasteiger partial charge in [-0.2, -0.15) is 0 Å². The van der Waals surface area contributed by atoms with E-state index in [4.69, 9.17) is 11.6 Å². The summed E-state index contributed by atoms with van der Waals surface area (Å²) in [6, 6.07) is 12.7. The second kappa shape index (κ2) is 6.96. The third kappa shape index (κ3) is 4.48. The molecule has 1 unspecified atom stereocenters. The summed E-state index contributed by atoms with van der Waals surface area (Å²) in [5, 5.41) is 6.55. The first-order chi connectivity index (χ1) is 9.95. The Labute approximate surface area is 137 Å². The van der Waals surface area contributed by atoms with Gasteiger partial charge in [-0.25, -0.2) is 0 Å². The van der Waals surface area contributed by atoms with Crippen LogP contribution >= 0.6 is 27.5 Å². The Balaban J connectivity index is 2.02. The molecule has 0 fully saturated rings. The number of carbonyl (C=O) groups is 1. The van der Waals surface area contributed by atoms with Gasteiger partial charge in [-0.05, 0) is 44.2 Å². The normalized spacial score (nSPS) is 11.8. The lowest BCUT2D eigenvalue weighted by Gasteiger charge is -2.16. The van der Waals surface area contributed by atoms with Crippen LogP contribution in [0.1, 0.15) is 12.5 Å². The Morgan fingerprint density at radius 3 is 2.52 bits per heavy atom. The molecule has 5 heteroatoms. The van der Waals surface area contributed by atoms with Crippen molar-refractivity contribution in [2.45, 2.75) is 19.9 Å². The van der Waals surface area contributed by atoms with Gasteiger partial charge in [0.25, 0.3) is 0 Å². The zero-order valence-corrected chi connectivity index (χ0v) is 14.1. The number of anilines is 2. The highest BCUT2D eigenvalue weighted by Crippen LogP contribution is 2.26. The van der Waals surface area contributed by atoms with Gasteiger partial charge < -0.3 is 10.6 Å². The van der Waals surface area contributed by atoms with Gasteiger partial charge in [0.15, 0.2) is 0 Å². The molecule has 0 aliphatic carbocycles. The molecule has 0 aliphatic heterocycles. The second-order valence-electron chi connectivity index (χ2n) is 4.85. The van der Waals surface area contributed by atoms with E-state index in [1.54, 1.807) is 13.0 Å². The van der Waals surface area contributed by atoms with E-state index in [-0.39, 0.29) is 5.91 Å². The van der Waals surface area contributed by atoms with Crippen LogP contribution < -0.4 is 10.6 Å². The van der Waals surface area contributed by atoms with Crippen LogP contribution in [0.2, 0.25) is 5.02 Å². The quantitative estimate of drug-likeness (QED) is 0.811. The summed E-state index contributed by atoms with van der Waals surface area (Å²) in [7, 11) is 0. The number of carbonyl (C=O) groups excluding carboxylic acids is 1. The number of aryl methyl sites for hydroxylation is 1. The minimum Gasteiger partial charge on any atom is -0.373 e. The van der Waals surface area contributed by atoms with Crippen LogP contribution in [0, 0.1) is 6.92 Å². The zero-order chi connectivity index (χ0) is 15.4. The molecule has 2 aromatic carbocycles. The summed E-state index contributed by atoms with van der Waals surface area (Å²) in [4.78, 5) is 12.2. The van der Waals surface area contributed by atoms with E-state index in [1.807, 2.05) is 43.3 Å². The predicted octanol–water partition coefficient (Wildman–Crippen LogP) is 4.85. The van der Waals surface area contributed by atoms with Gasteiger partial charge in [-0.15, -0.1) is 0 Å². The van der Waals surface area contributed by atoms with Crippen LogP contribution in [0.5, 0.6) is 0 Å². The Morgan fingerprint density at radius 1 is 1.19 bits per heavy atom. The maximum atomic E-state index is 12.2. The molecule has 0 saturated heterocycles. The highest BCUT2D eigenvalue weighted by Gasteiger charge is 2.14. The van der Waals surface area contributed by atoms with Crippen molar-refractivity contribution >= 4 is 44.8 Å². The maximum absolute atomic E-state index is 12.2. The number of rotatable bonds is 4. The molecule has 2 rings (SSSR count). The molecule has 0 bridgehead atoms. The van der Waals surface area contributed by atoms with E-state index in [0.717, 1.165) is 21.4 Å². The van der Waals surface area contributed by atoms with Gasteiger partial charge in [-0.1, -0.05) is 45.2 Å². The average molecular weight is 368 g/mol. The van der Waals surface area contributed by atoms with E-state index in [1.165, 1.54) is 0 Å². The molecule has 0 radical (unpaired) electrons. The first kappa shape index (κ1) is 15.9. The fraction of sp³-hybridized carbons (Fsp3) is 0.188. The number of benzene rings is 2. The number of halogens is 2. The van der Waals surface area contributed by atoms with Crippen molar-refractivity contribution in [2.75, 3.05) is 10.6 Å². The molecule has 1 atom stereocenters. The number of hydrogen-bond acceptors (Lipinski definition) is 2. The summed E-state index contributed by atoms with van der Waals surface area (Å²) in [6.45, 7) is 3.80. The highest BCUT2D eigenvalue weighted by molar-refractivity contribution is 9.10. The summed E-state index contributed by atoms with van der Waals surface area (Å²) < 4.78 is 0.903. The zero-order valence-electron chi connectivity index (χ0n) is 11.8. The van der Waals surface area contributed by atoms with Gasteiger partial charge in [0.1, 0.15) is 6.04 Å². The summed E-state index contributed by atoms with van der Waals surface area (Å²) in [5.41, 5.74) is 2.65. The SMILES string of the molecule is Cc1ccc(NC(=O)C(C)Nc2cc(Br)ccc2Cl)cc1. The minimum atomic E-state index is -0.405.